The Balaban J connectivity index is 2.17. The molecule has 110 valence electrons. The molecule has 5 heteroatoms. The molecule has 0 aromatic carbocycles. The standard InChI is InChI=1S/C16H19N3OS/c1-16(2,3)12-8-7-11(21-12)13-14(17)19-9-5-6-10(20-4)15(19)18-13/h5-9H,17H2,1-4H3. The van der Waals surface area contributed by atoms with Crippen LogP contribution in [-0.2, 0) is 5.41 Å². The van der Waals surface area contributed by atoms with Gasteiger partial charge in [-0.2, -0.15) is 0 Å². The zero-order valence-electron chi connectivity index (χ0n) is 12.7. The Morgan fingerprint density at radius 1 is 1.24 bits per heavy atom. The van der Waals surface area contributed by atoms with E-state index in [2.05, 4.69) is 37.9 Å². The summed E-state index contributed by atoms with van der Waals surface area (Å²) < 4.78 is 7.22. The third kappa shape index (κ3) is 2.27. The average Bonchev–Trinajstić information content (AvgIpc) is 3.03. The van der Waals surface area contributed by atoms with Crippen LogP contribution in [0.5, 0.6) is 5.75 Å². The van der Waals surface area contributed by atoms with Gasteiger partial charge in [0.2, 0.25) is 0 Å². The molecule has 0 unspecified atom stereocenters. The Kier molecular flexibility index (Phi) is 3.17. The molecule has 21 heavy (non-hydrogen) atoms. The van der Waals surface area contributed by atoms with Gasteiger partial charge in [-0.3, -0.25) is 4.40 Å². The molecule has 4 nitrogen and oxygen atoms in total. The van der Waals surface area contributed by atoms with E-state index in [-0.39, 0.29) is 5.41 Å². The van der Waals surface area contributed by atoms with Gasteiger partial charge in [0, 0.05) is 11.1 Å². The van der Waals surface area contributed by atoms with Gasteiger partial charge in [0.1, 0.15) is 11.5 Å². The Labute approximate surface area is 128 Å². The number of anilines is 1. The van der Waals surface area contributed by atoms with E-state index in [0.29, 0.717) is 5.82 Å². The van der Waals surface area contributed by atoms with Crippen molar-refractivity contribution >= 4 is 22.8 Å². The predicted octanol–water partition coefficient (Wildman–Crippen LogP) is 3.95. The molecule has 0 aliphatic rings. The van der Waals surface area contributed by atoms with Crippen molar-refractivity contribution in [2.24, 2.45) is 0 Å². The average molecular weight is 301 g/mol. The van der Waals surface area contributed by atoms with Crippen molar-refractivity contribution in [2.45, 2.75) is 26.2 Å². The summed E-state index contributed by atoms with van der Waals surface area (Å²) in [7, 11) is 1.64. The van der Waals surface area contributed by atoms with Gasteiger partial charge in [-0.15, -0.1) is 11.3 Å². The number of hydrogen-bond acceptors (Lipinski definition) is 4. The predicted molar refractivity (Wildman–Crippen MR) is 88.2 cm³/mol. The number of thiophene rings is 1. The highest BCUT2D eigenvalue weighted by molar-refractivity contribution is 7.15. The minimum atomic E-state index is 0.133. The number of fused-ring (bicyclic) bond motifs is 1. The molecule has 0 amide bonds. The molecule has 3 aromatic heterocycles. The van der Waals surface area contributed by atoms with Gasteiger partial charge in [0.05, 0.1) is 12.0 Å². The summed E-state index contributed by atoms with van der Waals surface area (Å²) in [6.45, 7) is 6.62. The number of nitrogen functional groups attached to an aromatic ring is 1. The Morgan fingerprint density at radius 3 is 2.62 bits per heavy atom. The molecule has 0 aliphatic carbocycles. The van der Waals surface area contributed by atoms with Gasteiger partial charge in [-0.25, -0.2) is 4.98 Å². The van der Waals surface area contributed by atoms with Crippen molar-refractivity contribution in [2.75, 3.05) is 12.8 Å². The van der Waals surface area contributed by atoms with E-state index in [4.69, 9.17) is 10.5 Å². The van der Waals surface area contributed by atoms with Gasteiger partial charge in [0.25, 0.3) is 0 Å². The molecule has 0 saturated carbocycles. The van der Waals surface area contributed by atoms with Crippen molar-refractivity contribution < 1.29 is 4.74 Å². The second-order valence-corrected chi connectivity index (χ2v) is 7.11. The lowest BCUT2D eigenvalue weighted by molar-refractivity contribution is 0.417. The van der Waals surface area contributed by atoms with Crippen LogP contribution in [-0.4, -0.2) is 16.5 Å². The first kappa shape index (κ1) is 13.9. The number of pyridine rings is 1. The molecule has 3 rings (SSSR count). The maximum absolute atomic E-state index is 6.26. The lowest BCUT2D eigenvalue weighted by Gasteiger charge is -2.15. The second kappa shape index (κ2) is 4.77. The molecular formula is C16H19N3OS. The number of methoxy groups -OCH3 is 1. The number of nitrogens with zero attached hydrogens (tertiary/aromatic N) is 2. The third-order valence-corrected chi connectivity index (χ3v) is 4.97. The van der Waals surface area contributed by atoms with Crippen molar-refractivity contribution in [1.29, 1.82) is 0 Å². The van der Waals surface area contributed by atoms with Crippen LogP contribution in [0.15, 0.2) is 30.5 Å². The fraction of sp³-hybridized carbons (Fsp3) is 0.312. The molecule has 0 aliphatic heterocycles. The molecule has 3 aromatic rings. The van der Waals surface area contributed by atoms with Crippen LogP contribution in [0, 0.1) is 0 Å². The van der Waals surface area contributed by atoms with E-state index in [1.165, 1.54) is 4.88 Å². The molecule has 2 N–H and O–H groups in total. The van der Waals surface area contributed by atoms with Crippen LogP contribution in [0.2, 0.25) is 0 Å². The molecular weight excluding hydrogens is 282 g/mol. The maximum atomic E-state index is 6.26. The van der Waals surface area contributed by atoms with Crippen molar-refractivity contribution in [1.82, 2.24) is 9.38 Å². The SMILES string of the molecule is COc1cccn2c(N)c(-c3ccc(C(C)(C)C)s3)nc12. The van der Waals surface area contributed by atoms with E-state index >= 15 is 0 Å². The highest BCUT2D eigenvalue weighted by Crippen LogP contribution is 2.38. The van der Waals surface area contributed by atoms with Crippen LogP contribution >= 0.6 is 11.3 Å². The summed E-state index contributed by atoms with van der Waals surface area (Å²) >= 11 is 1.74. The van der Waals surface area contributed by atoms with Gasteiger partial charge in [-0.05, 0) is 29.7 Å². The fourth-order valence-corrected chi connectivity index (χ4v) is 3.33. The number of ether oxygens (including phenoxy) is 1. The Bertz CT molecular complexity index is 796. The number of hydrogen-bond donors (Lipinski definition) is 1. The zero-order chi connectivity index (χ0) is 15.2. The molecule has 0 atom stereocenters. The monoisotopic (exact) mass is 301 g/mol. The van der Waals surface area contributed by atoms with Crippen LogP contribution in [0.4, 0.5) is 5.82 Å². The summed E-state index contributed by atoms with van der Waals surface area (Å²) in [6, 6.07) is 8.04. The summed E-state index contributed by atoms with van der Waals surface area (Å²) in [5.74, 6) is 1.37. The molecule has 3 heterocycles. The first-order valence-electron chi connectivity index (χ1n) is 6.83. The highest BCUT2D eigenvalue weighted by Gasteiger charge is 2.20. The Morgan fingerprint density at radius 2 is 2.00 bits per heavy atom. The van der Waals surface area contributed by atoms with Crippen molar-refractivity contribution in [3.8, 4) is 16.3 Å². The minimum Gasteiger partial charge on any atom is -0.493 e. The van der Waals surface area contributed by atoms with Gasteiger partial charge in [0.15, 0.2) is 11.4 Å². The zero-order valence-corrected chi connectivity index (χ0v) is 13.5. The minimum absolute atomic E-state index is 0.133. The number of nitrogens with two attached hydrogens (primary N) is 1. The smallest absolute Gasteiger partial charge is 0.181 e. The quantitative estimate of drug-likeness (QED) is 0.779. The first-order valence-corrected chi connectivity index (χ1v) is 7.64. The maximum Gasteiger partial charge on any atom is 0.181 e. The molecule has 0 saturated heterocycles. The highest BCUT2D eigenvalue weighted by atomic mass is 32.1. The third-order valence-electron chi connectivity index (χ3n) is 3.45. The van der Waals surface area contributed by atoms with Gasteiger partial charge < -0.3 is 10.5 Å². The first-order chi connectivity index (χ1) is 9.91. The van der Waals surface area contributed by atoms with Gasteiger partial charge in [-0.1, -0.05) is 20.8 Å². The fourth-order valence-electron chi connectivity index (χ4n) is 2.27. The van der Waals surface area contributed by atoms with Crippen LogP contribution in [0.3, 0.4) is 0 Å². The normalized spacial score (nSPS) is 12.0. The van der Waals surface area contributed by atoms with E-state index in [0.717, 1.165) is 22.0 Å². The lowest BCUT2D eigenvalue weighted by atomic mass is 9.95. The van der Waals surface area contributed by atoms with Crippen LogP contribution < -0.4 is 10.5 Å². The topological polar surface area (TPSA) is 52.5 Å². The molecule has 0 bridgehead atoms. The van der Waals surface area contributed by atoms with E-state index < -0.39 is 0 Å². The van der Waals surface area contributed by atoms with Crippen molar-refractivity contribution in [3.05, 3.63) is 35.3 Å². The summed E-state index contributed by atoms with van der Waals surface area (Å²) in [6.07, 6.45) is 1.90. The Hall–Kier alpha value is -2.01. The number of imidazole rings is 1. The number of rotatable bonds is 2. The lowest BCUT2D eigenvalue weighted by Crippen LogP contribution is -2.07. The summed E-state index contributed by atoms with van der Waals surface area (Å²) in [4.78, 5) is 7.08. The summed E-state index contributed by atoms with van der Waals surface area (Å²) in [5.41, 5.74) is 7.97. The van der Waals surface area contributed by atoms with Gasteiger partial charge >= 0.3 is 0 Å². The van der Waals surface area contributed by atoms with E-state index in [9.17, 15) is 0 Å². The molecule has 0 spiro atoms. The molecule has 0 radical (unpaired) electrons. The van der Waals surface area contributed by atoms with E-state index in [1.54, 1.807) is 18.4 Å². The van der Waals surface area contributed by atoms with E-state index in [1.807, 2.05) is 22.7 Å². The second-order valence-electron chi connectivity index (χ2n) is 6.03. The molecule has 0 fully saturated rings. The number of aromatic nitrogens is 2. The van der Waals surface area contributed by atoms with Crippen molar-refractivity contribution in [3.63, 3.8) is 0 Å². The largest absolute Gasteiger partial charge is 0.493 e. The van der Waals surface area contributed by atoms with Crippen LogP contribution in [0.25, 0.3) is 16.2 Å². The summed E-state index contributed by atoms with van der Waals surface area (Å²) in [5, 5.41) is 0. The van der Waals surface area contributed by atoms with Crippen LogP contribution in [0.1, 0.15) is 25.6 Å².